The molecule has 0 aliphatic carbocycles. The summed E-state index contributed by atoms with van der Waals surface area (Å²) in [6.45, 7) is 35.6. The van der Waals surface area contributed by atoms with Gasteiger partial charge in [0.15, 0.2) is 12.1 Å². The van der Waals surface area contributed by atoms with Crippen LogP contribution in [-0.4, -0.2) is 258 Å². The van der Waals surface area contributed by atoms with Crippen LogP contribution < -0.4 is 114 Å². The zero-order chi connectivity index (χ0) is 101. The molecular formula is C90H166N22O20. The van der Waals surface area contributed by atoms with E-state index in [1.165, 1.54) is 20.8 Å². The van der Waals surface area contributed by atoms with E-state index in [9.17, 15) is 86.9 Å². The molecule has 1 fully saturated rings. The number of rotatable bonds is 58. The molecular weight excluding hydrogens is 1710 g/mol. The van der Waals surface area contributed by atoms with Crippen molar-refractivity contribution in [2.45, 2.75) is 376 Å². The van der Waals surface area contributed by atoms with Gasteiger partial charge in [-0.05, 0) is 209 Å². The van der Waals surface area contributed by atoms with Crippen molar-refractivity contribution < 1.29 is 96.5 Å². The Morgan fingerprint density at radius 2 is 0.735 bits per heavy atom. The molecule has 0 aromatic rings. The van der Waals surface area contributed by atoms with Crippen molar-refractivity contribution in [1.29, 1.82) is 0 Å². The van der Waals surface area contributed by atoms with Crippen LogP contribution in [0, 0.1) is 53.3 Å². The van der Waals surface area contributed by atoms with Crippen molar-refractivity contribution in [2.75, 3.05) is 32.8 Å². The van der Waals surface area contributed by atoms with E-state index in [2.05, 4.69) is 90.1 Å². The second-order valence-corrected chi connectivity index (χ2v) is 38.3. The Bertz CT molecular complexity index is 3710. The number of hydrogen-bond donors (Lipinski definition) is 23. The first-order valence-electron chi connectivity index (χ1n) is 47.3. The monoisotopic (exact) mass is 1880 g/mol. The average molecular weight is 1880 g/mol. The van der Waals surface area contributed by atoms with E-state index >= 15 is 4.79 Å². The molecule has 0 radical (unpaired) electrons. The van der Waals surface area contributed by atoms with E-state index in [1.807, 2.05) is 0 Å². The van der Waals surface area contributed by atoms with Crippen LogP contribution >= 0.6 is 0 Å². The number of esters is 1. The maximum atomic E-state index is 15.0. The Balaban J connectivity index is 3.89. The maximum absolute atomic E-state index is 15.0. The summed E-state index contributed by atoms with van der Waals surface area (Å²) < 4.78 is 5.96. The topological polar surface area (TPSA) is 675 Å². The highest BCUT2D eigenvalue weighted by molar-refractivity contribution is 6.01. The lowest BCUT2D eigenvalue weighted by atomic mass is 9.95. The van der Waals surface area contributed by atoms with Gasteiger partial charge in [0.2, 0.25) is 88.6 Å². The van der Waals surface area contributed by atoms with Crippen LogP contribution in [0.2, 0.25) is 0 Å². The molecule has 1 aliphatic heterocycles. The average Bonchev–Trinajstić information content (AvgIpc) is 0.834. The first kappa shape index (κ1) is 120. The molecule has 1 rings (SSSR count). The van der Waals surface area contributed by atoms with Crippen LogP contribution in [0.4, 0.5) is 0 Å². The predicted octanol–water partition coefficient (Wildman–Crippen LogP) is -1.45. The third-order valence-electron chi connectivity index (χ3n) is 22.0. The van der Waals surface area contributed by atoms with E-state index in [0.29, 0.717) is 45.1 Å². The van der Waals surface area contributed by atoms with Gasteiger partial charge in [0.05, 0.1) is 6.61 Å². The largest absolute Gasteiger partial charge is 0.458 e. The zero-order valence-electron chi connectivity index (χ0n) is 82.1. The fourth-order valence-electron chi connectivity index (χ4n) is 14.5. The molecule has 19 unspecified atom stereocenters. The smallest absolute Gasteiger partial charge is 0.328 e. The van der Waals surface area contributed by atoms with Gasteiger partial charge in [0.25, 0.3) is 5.91 Å². The van der Waals surface area contributed by atoms with Crippen molar-refractivity contribution in [3.05, 3.63) is 0 Å². The molecule has 0 bridgehead atoms. The Hall–Kier alpha value is -9.94. The number of hydrogen-bond acceptors (Lipinski definition) is 24. The number of carbonyl (C=O) groups excluding carboxylic acids is 17. The summed E-state index contributed by atoms with van der Waals surface area (Å²) >= 11 is 0. The lowest BCUT2D eigenvalue weighted by Crippen LogP contribution is -2.63. The number of aliphatic hydroxyl groups is 2. The molecule has 19 atom stereocenters. The number of cyclic esters (lactones) is 1. The van der Waals surface area contributed by atoms with E-state index in [-0.39, 0.29) is 150 Å². The summed E-state index contributed by atoms with van der Waals surface area (Å²) in [5.41, 5.74) is 28.9. The molecule has 756 valence electrons. The molecule has 0 aromatic heterocycles. The highest BCUT2D eigenvalue weighted by atomic mass is 16.5. The lowest BCUT2D eigenvalue weighted by molar-refractivity contribution is -0.156. The van der Waals surface area contributed by atoms with Gasteiger partial charge in [-0.2, -0.15) is 0 Å². The van der Waals surface area contributed by atoms with Crippen LogP contribution in [0.25, 0.3) is 0 Å². The number of carbonyl (C=O) groups is 17. The van der Waals surface area contributed by atoms with Gasteiger partial charge in [-0.1, -0.05) is 131 Å². The molecule has 1 heterocycles. The molecule has 42 heteroatoms. The molecule has 132 heavy (non-hydrogen) atoms. The first-order chi connectivity index (χ1) is 61.7. The molecule has 28 N–H and O–H groups in total. The predicted molar refractivity (Wildman–Crippen MR) is 500 cm³/mol. The number of nitrogens with zero attached hydrogens (tertiary/aromatic N) is 1. The summed E-state index contributed by atoms with van der Waals surface area (Å²) in [4.78, 5) is 249. The van der Waals surface area contributed by atoms with Crippen LogP contribution in [0.3, 0.4) is 0 Å². The molecule has 1 aliphatic rings. The van der Waals surface area contributed by atoms with E-state index in [0.717, 1.165) is 0 Å². The number of nitrogens with two attached hydrogens (primary N) is 5. The SMILES string of the molecule is CCC(C)C(NC(=O)C(CC(C)C)NC(=O)C(CC(C)C)NC(=O)C(C)NC(=O)C(CC(C)C)NC(=O)C(O)CO)C(=O)NC(CCCN=C(N)N)C(=O)NC(CC(C)C)C(=O)NC(CC(C)C)C(=O)NC(C(=O)NC(CCCCN)C(=O)NC(CC(C)C)C(=O)NC1C(=O)NC(CC(C)C)C(=O)NC(C)C(=O)NC(CCCCN)C(=O)NC(CCCCN)C(=O)OC1C)C(C)C. The van der Waals surface area contributed by atoms with Crippen LogP contribution in [0.5, 0.6) is 0 Å². The number of aliphatic imine (C=N–C) groups is 1. The third kappa shape index (κ3) is 46.1. The second-order valence-electron chi connectivity index (χ2n) is 38.3. The summed E-state index contributed by atoms with van der Waals surface area (Å²) in [5, 5.41) is 62.4. The Morgan fingerprint density at radius 1 is 0.386 bits per heavy atom. The number of nitrogens with one attached hydrogen (secondary N) is 16. The van der Waals surface area contributed by atoms with Gasteiger partial charge < -0.3 is 129 Å². The standard InChI is InChI=1S/C90H166N22O20/c1-22-54(18)71(111-83(125)67(43-51(12)13)107-80(122)64(40-48(6)7)103-74(116)56(20)98-78(120)62(38-46(2)3)108-85(127)69(114)45-113)87(129)101-60(33-29-37-96-90(94)95)77(119)104-65(41-49(8)9)81(123)106-66(42-50(10)11)82(124)110-70(53(16)17)86(128)100-59(31-24-27-35-92)76(118)105-68(44-52(14)15)84(126)112-72-57(21)132-89(131)61(32-25-28-36-93)102-75(117)58(30-23-26-34-91)99-73(115)55(19)97-79(121)63(39-47(4)5)109-88(72)130/h46-72,113-114H,22-45,91-93H2,1-21H3,(H,97,121)(H,98,120)(H,99,115)(H,100,128)(H,101,129)(H,102,117)(H,103,116)(H,104,119)(H,105,118)(H,106,123)(H,107,122)(H,108,127)(H,109,130)(H,110,124)(H,111,125)(H,112,126)(H4,94,95,96). The second kappa shape index (κ2) is 62.5. The Kier molecular flexibility index (Phi) is 56.9. The first-order valence-corrected chi connectivity index (χ1v) is 47.3. The van der Waals surface area contributed by atoms with Crippen molar-refractivity contribution in [2.24, 2.45) is 86.9 Å². The fraction of sp³-hybridized carbons (Fsp3) is 0.800. The fourth-order valence-corrected chi connectivity index (χ4v) is 14.5. The minimum Gasteiger partial charge on any atom is -0.458 e. The molecule has 0 aromatic carbocycles. The molecule has 0 spiro atoms. The number of guanidine groups is 1. The van der Waals surface area contributed by atoms with Gasteiger partial charge in [0, 0.05) is 6.54 Å². The molecule has 1 saturated heterocycles. The zero-order valence-corrected chi connectivity index (χ0v) is 82.1. The van der Waals surface area contributed by atoms with Gasteiger partial charge in [-0.15, -0.1) is 0 Å². The summed E-state index contributed by atoms with van der Waals surface area (Å²) in [6.07, 6.45) is -0.510. The van der Waals surface area contributed by atoms with E-state index < -0.39 is 228 Å². The van der Waals surface area contributed by atoms with Crippen LogP contribution in [0.1, 0.15) is 267 Å². The van der Waals surface area contributed by atoms with Crippen molar-refractivity contribution in [1.82, 2.24) is 85.1 Å². The third-order valence-corrected chi connectivity index (χ3v) is 22.0. The molecule has 16 amide bonds. The summed E-state index contributed by atoms with van der Waals surface area (Å²) in [7, 11) is 0. The van der Waals surface area contributed by atoms with Gasteiger partial charge in [-0.25, -0.2) is 4.79 Å². The number of amides is 16. The lowest BCUT2D eigenvalue weighted by Gasteiger charge is -2.32. The van der Waals surface area contributed by atoms with Crippen molar-refractivity contribution in [3.8, 4) is 0 Å². The van der Waals surface area contributed by atoms with E-state index in [4.69, 9.17) is 33.4 Å². The Labute approximate surface area is 780 Å². The Morgan fingerprint density at radius 3 is 1.14 bits per heavy atom. The van der Waals surface area contributed by atoms with Gasteiger partial charge in [0.1, 0.15) is 103 Å². The maximum Gasteiger partial charge on any atom is 0.328 e. The molecule has 42 nitrogen and oxygen atoms in total. The highest BCUT2D eigenvalue weighted by Gasteiger charge is 2.43. The van der Waals surface area contributed by atoms with E-state index in [1.54, 1.807) is 125 Å². The number of ether oxygens (including phenoxy) is 1. The summed E-state index contributed by atoms with van der Waals surface area (Å²) in [5.74, 6) is -17.7. The number of aliphatic hydroxyl groups excluding tert-OH is 2. The van der Waals surface area contributed by atoms with Crippen molar-refractivity contribution >= 4 is 106 Å². The quantitative estimate of drug-likeness (QED) is 0.0143. The highest BCUT2D eigenvalue weighted by Crippen LogP contribution is 2.20. The van der Waals surface area contributed by atoms with Gasteiger partial charge >= 0.3 is 5.97 Å². The molecule has 0 saturated carbocycles. The van der Waals surface area contributed by atoms with Crippen molar-refractivity contribution in [3.63, 3.8) is 0 Å². The van der Waals surface area contributed by atoms with Gasteiger partial charge in [-0.3, -0.25) is 81.7 Å². The van der Waals surface area contributed by atoms with Crippen LogP contribution in [0.15, 0.2) is 4.99 Å². The minimum atomic E-state index is -1.81. The summed E-state index contributed by atoms with van der Waals surface area (Å²) in [6, 6.07) is -21.8. The normalized spacial score (nSPS) is 19.5. The minimum absolute atomic E-state index is 0.00832. The number of unbranched alkanes of at least 4 members (excludes halogenated alkanes) is 3. The van der Waals surface area contributed by atoms with Crippen LogP contribution in [-0.2, 0) is 86.2 Å².